The zero-order valence-electron chi connectivity index (χ0n) is 16.5. The fourth-order valence-corrected chi connectivity index (χ4v) is 4.33. The van der Waals surface area contributed by atoms with Gasteiger partial charge in [-0.25, -0.2) is 0 Å². The average molecular weight is 370 g/mol. The van der Waals surface area contributed by atoms with Gasteiger partial charge in [0.05, 0.1) is 0 Å². The first-order valence-electron chi connectivity index (χ1n) is 9.83. The quantitative estimate of drug-likeness (QED) is 0.837. The molecule has 6 nitrogen and oxygen atoms in total. The Balaban J connectivity index is 1.65. The third-order valence-electron chi connectivity index (χ3n) is 5.47. The van der Waals surface area contributed by atoms with Gasteiger partial charge in [0, 0.05) is 25.2 Å². The minimum absolute atomic E-state index is 0.0206. The second-order valence-electron chi connectivity index (χ2n) is 8.44. The van der Waals surface area contributed by atoms with Gasteiger partial charge in [-0.05, 0) is 50.2 Å². The lowest BCUT2D eigenvalue weighted by Gasteiger charge is -2.34. The number of likely N-dealkylation sites (tertiary alicyclic amines) is 1. The van der Waals surface area contributed by atoms with Crippen LogP contribution in [0.3, 0.4) is 0 Å². The van der Waals surface area contributed by atoms with Crippen LogP contribution in [0, 0.1) is 17.2 Å². The molecule has 0 spiro atoms. The summed E-state index contributed by atoms with van der Waals surface area (Å²) < 4.78 is 0. The van der Waals surface area contributed by atoms with Crippen LogP contribution in [0.1, 0.15) is 50.4 Å². The van der Waals surface area contributed by atoms with Crippen molar-refractivity contribution in [2.24, 2.45) is 11.8 Å². The molecule has 0 aromatic heterocycles. The Hall–Kier alpha value is -2.37. The van der Waals surface area contributed by atoms with Crippen LogP contribution in [0.2, 0.25) is 0 Å². The predicted octanol–water partition coefficient (Wildman–Crippen LogP) is 2.71. The summed E-state index contributed by atoms with van der Waals surface area (Å²) in [4.78, 5) is 29.1. The van der Waals surface area contributed by atoms with E-state index in [1.165, 1.54) is 0 Å². The van der Waals surface area contributed by atoms with Crippen molar-refractivity contribution in [1.82, 2.24) is 15.1 Å². The van der Waals surface area contributed by atoms with Crippen molar-refractivity contribution in [3.8, 4) is 0 Å². The average Bonchev–Trinajstić information content (AvgIpc) is 2.84. The first-order valence-corrected chi connectivity index (χ1v) is 9.83. The molecular formula is C21H30N4O2. The molecule has 2 saturated heterocycles. The van der Waals surface area contributed by atoms with Gasteiger partial charge < -0.3 is 10.2 Å². The maximum absolute atomic E-state index is 12.9. The van der Waals surface area contributed by atoms with E-state index >= 15 is 0 Å². The van der Waals surface area contributed by atoms with Gasteiger partial charge in [0.25, 0.3) is 11.8 Å². The van der Waals surface area contributed by atoms with Crippen molar-refractivity contribution in [2.45, 2.75) is 45.6 Å². The minimum atomic E-state index is -0.695. The minimum Gasteiger partial charge on any atom is -0.342 e. The lowest BCUT2D eigenvalue weighted by Crippen LogP contribution is -2.47. The number of amides is 2. The number of guanidine groups is 1. The molecule has 2 heterocycles. The van der Waals surface area contributed by atoms with E-state index in [-0.39, 0.29) is 23.7 Å². The number of rotatable bonds is 5. The molecule has 6 heteroatoms. The summed E-state index contributed by atoms with van der Waals surface area (Å²) in [6, 6.07) is 9.33. The van der Waals surface area contributed by atoms with Crippen LogP contribution in [0.15, 0.2) is 30.3 Å². The molecule has 3 rings (SSSR count). The van der Waals surface area contributed by atoms with E-state index in [4.69, 9.17) is 5.41 Å². The Kier molecular flexibility index (Phi) is 5.53. The monoisotopic (exact) mass is 370 g/mol. The Morgan fingerprint density at radius 3 is 2.70 bits per heavy atom. The van der Waals surface area contributed by atoms with Gasteiger partial charge in [0.15, 0.2) is 5.96 Å². The maximum Gasteiger partial charge on any atom is 0.254 e. The van der Waals surface area contributed by atoms with Crippen LogP contribution < -0.4 is 5.32 Å². The molecule has 0 saturated carbocycles. The molecule has 1 aromatic rings. The number of benzene rings is 1. The van der Waals surface area contributed by atoms with Crippen LogP contribution in [-0.4, -0.2) is 52.7 Å². The SMILES string of the molecule is CC(C)CC1(C)NC(=N)N(CC2CCCN(C(=O)c3ccccc3)C2)C1=O. The molecule has 2 aliphatic rings. The molecule has 1 aromatic carbocycles. The zero-order chi connectivity index (χ0) is 19.6. The van der Waals surface area contributed by atoms with Crippen molar-refractivity contribution in [3.63, 3.8) is 0 Å². The summed E-state index contributed by atoms with van der Waals surface area (Å²) in [7, 11) is 0. The van der Waals surface area contributed by atoms with Crippen LogP contribution in [-0.2, 0) is 4.79 Å². The maximum atomic E-state index is 12.9. The van der Waals surface area contributed by atoms with Crippen molar-refractivity contribution in [1.29, 1.82) is 5.41 Å². The van der Waals surface area contributed by atoms with Crippen LogP contribution >= 0.6 is 0 Å². The van der Waals surface area contributed by atoms with E-state index in [2.05, 4.69) is 19.2 Å². The normalized spacial score (nSPS) is 25.9. The summed E-state index contributed by atoms with van der Waals surface area (Å²) in [5.74, 6) is 0.778. The number of carbonyl (C=O) groups is 2. The highest BCUT2D eigenvalue weighted by Crippen LogP contribution is 2.27. The number of nitrogens with one attached hydrogen (secondary N) is 2. The lowest BCUT2D eigenvalue weighted by atomic mass is 9.90. The predicted molar refractivity (Wildman–Crippen MR) is 106 cm³/mol. The van der Waals surface area contributed by atoms with Crippen molar-refractivity contribution < 1.29 is 9.59 Å². The third-order valence-corrected chi connectivity index (χ3v) is 5.47. The highest BCUT2D eigenvalue weighted by molar-refractivity contribution is 6.07. The standard InChI is InChI=1S/C21H30N4O2/c1-15(2)12-21(3)19(27)25(20(22)23-21)14-16-8-7-11-24(13-16)18(26)17-9-5-4-6-10-17/h4-6,9-10,15-16H,7-8,11-14H2,1-3H3,(H2,22,23). The van der Waals surface area contributed by atoms with Gasteiger partial charge >= 0.3 is 0 Å². The zero-order valence-corrected chi connectivity index (χ0v) is 16.5. The second kappa shape index (κ2) is 7.71. The van der Waals surface area contributed by atoms with Gasteiger partial charge in [0.2, 0.25) is 0 Å². The van der Waals surface area contributed by atoms with E-state index in [1.807, 2.05) is 42.2 Å². The highest BCUT2D eigenvalue weighted by atomic mass is 16.2. The molecule has 27 heavy (non-hydrogen) atoms. The number of hydrogen-bond acceptors (Lipinski definition) is 3. The molecular weight excluding hydrogens is 340 g/mol. The first-order chi connectivity index (χ1) is 12.8. The van der Waals surface area contributed by atoms with Gasteiger partial charge in [-0.15, -0.1) is 0 Å². The smallest absolute Gasteiger partial charge is 0.254 e. The summed E-state index contributed by atoms with van der Waals surface area (Å²) in [6.07, 6.45) is 2.60. The number of carbonyl (C=O) groups excluding carboxylic acids is 2. The molecule has 2 fully saturated rings. The highest BCUT2D eigenvalue weighted by Gasteiger charge is 2.46. The van der Waals surface area contributed by atoms with Gasteiger partial charge in [0.1, 0.15) is 5.54 Å². The Labute approximate surface area is 161 Å². The largest absolute Gasteiger partial charge is 0.342 e. The van der Waals surface area contributed by atoms with Gasteiger partial charge in [-0.1, -0.05) is 32.0 Å². The number of piperidine rings is 1. The fraction of sp³-hybridized carbons (Fsp3) is 0.571. The third kappa shape index (κ3) is 4.15. The number of nitrogens with zero attached hydrogens (tertiary/aromatic N) is 2. The Morgan fingerprint density at radius 2 is 2.04 bits per heavy atom. The van der Waals surface area contributed by atoms with E-state index < -0.39 is 5.54 Å². The molecule has 2 unspecified atom stereocenters. The van der Waals surface area contributed by atoms with Gasteiger partial charge in [-0.3, -0.25) is 19.9 Å². The molecule has 0 bridgehead atoms. The van der Waals surface area contributed by atoms with Crippen molar-refractivity contribution in [2.75, 3.05) is 19.6 Å². The van der Waals surface area contributed by atoms with Gasteiger partial charge in [-0.2, -0.15) is 0 Å². The molecule has 0 radical (unpaired) electrons. The van der Waals surface area contributed by atoms with Crippen molar-refractivity contribution >= 4 is 17.8 Å². The van der Waals surface area contributed by atoms with Crippen LogP contribution in [0.4, 0.5) is 0 Å². The molecule has 2 atom stereocenters. The van der Waals surface area contributed by atoms with Crippen molar-refractivity contribution in [3.05, 3.63) is 35.9 Å². The molecule has 2 N–H and O–H groups in total. The Bertz CT molecular complexity index is 718. The molecule has 146 valence electrons. The molecule has 2 aliphatic heterocycles. The van der Waals surface area contributed by atoms with E-state index in [0.29, 0.717) is 31.0 Å². The van der Waals surface area contributed by atoms with E-state index in [9.17, 15) is 9.59 Å². The fourth-order valence-electron chi connectivity index (χ4n) is 4.33. The second-order valence-corrected chi connectivity index (χ2v) is 8.44. The molecule has 2 amide bonds. The summed E-state index contributed by atoms with van der Waals surface area (Å²) >= 11 is 0. The first kappa shape index (κ1) is 19.4. The topological polar surface area (TPSA) is 76.5 Å². The molecule has 0 aliphatic carbocycles. The van der Waals surface area contributed by atoms with Crippen LogP contribution in [0.5, 0.6) is 0 Å². The van der Waals surface area contributed by atoms with E-state index in [1.54, 1.807) is 4.90 Å². The summed E-state index contributed by atoms with van der Waals surface area (Å²) in [5, 5.41) is 11.3. The lowest BCUT2D eigenvalue weighted by molar-refractivity contribution is -0.131. The van der Waals surface area contributed by atoms with E-state index in [0.717, 1.165) is 19.4 Å². The Morgan fingerprint density at radius 1 is 1.33 bits per heavy atom. The summed E-state index contributed by atoms with van der Waals surface area (Å²) in [5.41, 5.74) is 0.00809. The summed E-state index contributed by atoms with van der Waals surface area (Å²) in [6.45, 7) is 7.93. The van der Waals surface area contributed by atoms with Crippen LogP contribution in [0.25, 0.3) is 0 Å². The number of hydrogen-bond donors (Lipinski definition) is 2.